The van der Waals surface area contributed by atoms with E-state index >= 15 is 0 Å². The van der Waals surface area contributed by atoms with E-state index in [4.69, 9.17) is 21.1 Å². The Balaban J connectivity index is 2.66. The molecule has 0 aliphatic rings. The Hall–Kier alpha value is -0.960. The van der Waals surface area contributed by atoms with Crippen LogP contribution in [0.4, 0.5) is 0 Å². The van der Waals surface area contributed by atoms with Crippen LogP contribution in [-0.4, -0.2) is 24.6 Å². The molecular weight excluding hydrogens is 202 g/mol. The van der Waals surface area contributed by atoms with Gasteiger partial charge in [0.25, 0.3) is 0 Å². The topological polar surface area (TPSA) is 31.4 Å². The second-order valence-corrected chi connectivity index (χ2v) is 3.21. The molecule has 0 spiro atoms. The van der Waals surface area contributed by atoms with E-state index in [-0.39, 0.29) is 0 Å². The summed E-state index contributed by atoms with van der Waals surface area (Å²) >= 11 is 5.55. The number of hydrogen-bond donors (Lipinski definition) is 0. The van der Waals surface area contributed by atoms with Crippen molar-refractivity contribution in [3.8, 4) is 11.6 Å². The number of hydrogen-bond acceptors (Lipinski definition) is 3. The molecule has 1 heterocycles. The third-order valence-corrected chi connectivity index (χ3v) is 2.10. The van der Waals surface area contributed by atoms with Crippen molar-refractivity contribution in [3.05, 3.63) is 17.8 Å². The van der Waals surface area contributed by atoms with E-state index in [0.29, 0.717) is 18.4 Å². The number of pyridine rings is 1. The largest absolute Gasteiger partial charge is 0.493 e. The fourth-order valence-corrected chi connectivity index (χ4v) is 1.21. The molecule has 0 saturated carbocycles. The molecule has 0 atom stereocenters. The van der Waals surface area contributed by atoms with Crippen LogP contribution in [0.15, 0.2) is 12.3 Å². The highest BCUT2D eigenvalue weighted by Gasteiger charge is 2.05. The normalized spacial score (nSPS) is 9.93. The molecule has 4 heteroatoms. The molecule has 0 aliphatic carbocycles. The van der Waals surface area contributed by atoms with Crippen LogP contribution in [0.2, 0.25) is 0 Å². The van der Waals surface area contributed by atoms with Crippen molar-refractivity contribution in [2.24, 2.45) is 0 Å². The maximum absolute atomic E-state index is 5.55. The van der Waals surface area contributed by atoms with Gasteiger partial charge in [0.05, 0.1) is 19.3 Å². The Morgan fingerprint density at radius 1 is 1.50 bits per heavy atom. The molecule has 1 aromatic heterocycles. The van der Waals surface area contributed by atoms with Crippen molar-refractivity contribution in [3.63, 3.8) is 0 Å². The van der Waals surface area contributed by atoms with E-state index in [0.717, 1.165) is 17.7 Å². The average molecular weight is 216 g/mol. The van der Waals surface area contributed by atoms with Gasteiger partial charge in [0.15, 0.2) is 0 Å². The fraction of sp³-hybridized carbons (Fsp3) is 0.500. The van der Waals surface area contributed by atoms with Crippen LogP contribution >= 0.6 is 11.6 Å². The van der Waals surface area contributed by atoms with E-state index in [1.807, 2.05) is 13.0 Å². The van der Waals surface area contributed by atoms with Crippen molar-refractivity contribution in [2.45, 2.75) is 13.3 Å². The summed E-state index contributed by atoms with van der Waals surface area (Å²) in [6, 6.07) is 1.83. The lowest BCUT2D eigenvalue weighted by Gasteiger charge is -2.10. The standard InChI is InChI=1S/C10H14ClNO2/c1-8-9(14-7-3-5-11)4-6-12-10(8)13-2/h4,6H,3,5,7H2,1-2H3. The maximum Gasteiger partial charge on any atom is 0.219 e. The lowest BCUT2D eigenvalue weighted by molar-refractivity contribution is 0.311. The van der Waals surface area contributed by atoms with Gasteiger partial charge in [-0.3, -0.25) is 0 Å². The molecule has 0 aromatic carbocycles. The summed E-state index contributed by atoms with van der Waals surface area (Å²) in [5.74, 6) is 2.02. The highest BCUT2D eigenvalue weighted by atomic mass is 35.5. The van der Waals surface area contributed by atoms with E-state index in [1.165, 1.54) is 0 Å². The molecule has 14 heavy (non-hydrogen) atoms. The van der Waals surface area contributed by atoms with Gasteiger partial charge in [0.1, 0.15) is 5.75 Å². The summed E-state index contributed by atoms with van der Waals surface area (Å²) < 4.78 is 10.6. The number of rotatable bonds is 5. The number of alkyl halides is 1. The molecule has 0 amide bonds. The highest BCUT2D eigenvalue weighted by Crippen LogP contribution is 2.24. The second-order valence-electron chi connectivity index (χ2n) is 2.83. The van der Waals surface area contributed by atoms with Gasteiger partial charge in [0.2, 0.25) is 5.88 Å². The molecule has 78 valence electrons. The Kier molecular flexibility index (Phi) is 4.53. The van der Waals surface area contributed by atoms with E-state index in [9.17, 15) is 0 Å². The second kappa shape index (κ2) is 5.70. The van der Waals surface area contributed by atoms with Crippen molar-refractivity contribution >= 4 is 11.6 Å². The molecule has 0 radical (unpaired) electrons. The predicted molar refractivity (Wildman–Crippen MR) is 56.4 cm³/mol. The summed E-state index contributed by atoms with van der Waals surface area (Å²) in [5, 5.41) is 0. The lowest BCUT2D eigenvalue weighted by Crippen LogP contribution is -2.01. The summed E-state index contributed by atoms with van der Waals surface area (Å²) in [4.78, 5) is 4.06. The van der Waals surface area contributed by atoms with Crippen LogP contribution < -0.4 is 9.47 Å². The lowest BCUT2D eigenvalue weighted by atomic mass is 10.3. The third kappa shape index (κ3) is 2.77. The minimum absolute atomic E-state index is 0.605. The molecule has 3 nitrogen and oxygen atoms in total. The van der Waals surface area contributed by atoms with Gasteiger partial charge in [-0.2, -0.15) is 0 Å². The quantitative estimate of drug-likeness (QED) is 0.558. The minimum atomic E-state index is 0.605. The summed E-state index contributed by atoms with van der Waals surface area (Å²) in [6.45, 7) is 2.54. The van der Waals surface area contributed by atoms with Gasteiger partial charge in [-0.1, -0.05) is 0 Å². The third-order valence-electron chi connectivity index (χ3n) is 1.84. The molecule has 0 aliphatic heterocycles. The molecular formula is C10H14ClNO2. The first kappa shape index (κ1) is 11.1. The summed E-state index contributed by atoms with van der Waals surface area (Å²) in [5.41, 5.74) is 0.921. The monoisotopic (exact) mass is 215 g/mol. The summed E-state index contributed by atoms with van der Waals surface area (Å²) in [6.07, 6.45) is 2.51. The zero-order chi connectivity index (χ0) is 10.4. The first-order valence-corrected chi connectivity index (χ1v) is 5.01. The number of nitrogens with zero attached hydrogens (tertiary/aromatic N) is 1. The first-order valence-electron chi connectivity index (χ1n) is 4.48. The number of ether oxygens (including phenoxy) is 2. The molecule has 0 saturated heterocycles. The first-order chi connectivity index (χ1) is 6.79. The predicted octanol–water partition coefficient (Wildman–Crippen LogP) is 2.41. The highest BCUT2D eigenvalue weighted by molar-refractivity contribution is 6.17. The minimum Gasteiger partial charge on any atom is -0.493 e. The molecule has 1 aromatic rings. The van der Waals surface area contributed by atoms with Crippen LogP contribution in [0, 0.1) is 6.92 Å². The molecule has 0 bridgehead atoms. The van der Waals surface area contributed by atoms with Crippen molar-refractivity contribution in [1.82, 2.24) is 4.98 Å². The Bertz CT molecular complexity index is 291. The zero-order valence-corrected chi connectivity index (χ0v) is 9.17. The van der Waals surface area contributed by atoms with Gasteiger partial charge in [-0.25, -0.2) is 4.98 Å². The number of halogens is 1. The van der Waals surface area contributed by atoms with Gasteiger partial charge in [-0.05, 0) is 19.4 Å². The zero-order valence-electron chi connectivity index (χ0n) is 8.42. The number of methoxy groups -OCH3 is 1. The Labute approximate surface area is 89.0 Å². The van der Waals surface area contributed by atoms with Gasteiger partial charge in [0, 0.05) is 12.1 Å². The number of aromatic nitrogens is 1. The Morgan fingerprint density at radius 2 is 2.29 bits per heavy atom. The molecule has 0 unspecified atom stereocenters. The van der Waals surface area contributed by atoms with E-state index in [1.54, 1.807) is 13.3 Å². The Morgan fingerprint density at radius 3 is 2.93 bits per heavy atom. The van der Waals surface area contributed by atoms with Crippen LogP contribution in [0.1, 0.15) is 12.0 Å². The maximum atomic E-state index is 5.55. The van der Waals surface area contributed by atoms with Crippen LogP contribution in [-0.2, 0) is 0 Å². The smallest absolute Gasteiger partial charge is 0.219 e. The van der Waals surface area contributed by atoms with Crippen LogP contribution in [0.5, 0.6) is 11.6 Å². The van der Waals surface area contributed by atoms with Crippen molar-refractivity contribution < 1.29 is 9.47 Å². The molecule has 0 fully saturated rings. The molecule has 1 rings (SSSR count). The molecule has 0 N–H and O–H groups in total. The van der Waals surface area contributed by atoms with Crippen LogP contribution in [0.25, 0.3) is 0 Å². The van der Waals surface area contributed by atoms with E-state index in [2.05, 4.69) is 4.98 Å². The van der Waals surface area contributed by atoms with E-state index < -0.39 is 0 Å². The van der Waals surface area contributed by atoms with Gasteiger partial charge < -0.3 is 9.47 Å². The van der Waals surface area contributed by atoms with Crippen molar-refractivity contribution in [1.29, 1.82) is 0 Å². The van der Waals surface area contributed by atoms with Crippen LogP contribution in [0.3, 0.4) is 0 Å². The summed E-state index contributed by atoms with van der Waals surface area (Å²) in [7, 11) is 1.60. The SMILES string of the molecule is COc1nccc(OCCCCl)c1C. The fourth-order valence-electron chi connectivity index (χ4n) is 1.10. The van der Waals surface area contributed by atoms with Gasteiger partial charge in [-0.15, -0.1) is 11.6 Å². The average Bonchev–Trinajstić information content (AvgIpc) is 2.21. The van der Waals surface area contributed by atoms with Crippen molar-refractivity contribution in [2.75, 3.05) is 19.6 Å². The van der Waals surface area contributed by atoms with Gasteiger partial charge >= 0.3 is 0 Å².